The van der Waals surface area contributed by atoms with E-state index in [1.807, 2.05) is 0 Å². The highest BCUT2D eigenvalue weighted by atomic mass is 35.5. The number of aromatic nitrogens is 2. The lowest BCUT2D eigenvalue weighted by molar-refractivity contribution is -0.109. The highest BCUT2D eigenvalue weighted by Gasteiger charge is 2.20. The molecule has 2 aromatic heterocycles. The number of fused-ring (bicyclic) bond motifs is 3. The summed E-state index contributed by atoms with van der Waals surface area (Å²) in [6, 6.07) is 0. The van der Waals surface area contributed by atoms with Gasteiger partial charge in [-0.15, -0.1) is 11.3 Å². The van der Waals surface area contributed by atoms with Crippen LogP contribution in [0.3, 0.4) is 0 Å². The van der Waals surface area contributed by atoms with Gasteiger partial charge in [-0.3, -0.25) is 4.79 Å². The molecule has 0 bridgehead atoms. The number of nitrogens with zero attached hydrogens (tertiary/aromatic N) is 2. The van der Waals surface area contributed by atoms with Gasteiger partial charge in [-0.05, 0) is 42.8 Å². The number of thiophene rings is 1. The third-order valence-corrected chi connectivity index (χ3v) is 4.79. The van der Waals surface area contributed by atoms with Crippen molar-refractivity contribution < 1.29 is 4.79 Å². The first kappa shape index (κ1) is 13.6. The highest BCUT2D eigenvalue weighted by molar-refractivity contribution is 7.19. The lowest BCUT2D eigenvalue weighted by Crippen LogP contribution is -2.21. The molecule has 20 heavy (non-hydrogen) atoms. The first-order chi connectivity index (χ1) is 9.79. The van der Waals surface area contributed by atoms with Gasteiger partial charge in [-0.1, -0.05) is 0 Å². The number of rotatable bonds is 5. The number of hydrogen-bond donors (Lipinski definition) is 2. The van der Waals surface area contributed by atoms with Crippen LogP contribution < -0.4 is 10.6 Å². The molecule has 1 aliphatic rings. The summed E-state index contributed by atoms with van der Waals surface area (Å²) in [7, 11) is 0. The number of carbonyl (C=O) groups excluding carboxylic acids is 1. The molecule has 0 unspecified atom stereocenters. The molecular weight excluding hydrogens is 296 g/mol. The number of amides is 1. The fraction of sp³-hybridized carbons (Fsp3) is 0.462. The van der Waals surface area contributed by atoms with Gasteiger partial charge in [-0.2, -0.15) is 0 Å². The molecule has 1 aliphatic carbocycles. The Kier molecular flexibility index (Phi) is 4.03. The van der Waals surface area contributed by atoms with Gasteiger partial charge in [-0.25, -0.2) is 9.97 Å². The van der Waals surface area contributed by atoms with E-state index in [9.17, 15) is 4.79 Å². The van der Waals surface area contributed by atoms with Crippen molar-refractivity contribution in [2.45, 2.75) is 25.7 Å². The van der Waals surface area contributed by atoms with Gasteiger partial charge in [0.1, 0.15) is 10.6 Å². The fourth-order valence-electron chi connectivity index (χ4n) is 2.57. The molecule has 0 aromatic carbocycles. The average molecular weight is 311 g/mol. The number of carbonyl (C=O) groups is 1. The number of hydrogen-bond acceptors (Lipinski definition) is 5. The molecule has 1 amide bonds. The molecule has 5 nitrogen and oxygen atoms in total. The van der Waals surface area contributed by atoms with E-state index >= 15 is 0 Å². The molecule has 0 aliphatic heterocycles. The predicted molar refractivity (Wildman–Crippen MR) is 81.6 cm³/mol. The Morgan fingerprint density at radius 3 is 2.95 bits per heavy atom. The second-order valence-electron chi connectivity index (χ2n) is 4.73. The molecule has 2 aromatic rings. The van der Waals surface area contributed by atoms with Crippen LogP contribution in [0.1, 0.15) is 23.3 Å². The zero-order chi connectivity index (χ0) is 13.9. The van der Waals surface area contributed by atoms with Crippen molar-refractivity contribution >= 4 is 45.4 Å². The maximum atomic E-state index is 10.2. The first-order valence-electron chi connectivity index (χ1n) is 6.68. The van der Waals surface area contributed by atoms with Gasteiger partial charge in [0.05, 0.1) is 5.39 Å². The Morgan fingerprint density at radius 1 is 1.25 bits per heavy atom. The van der Waals surface area contributed by atoms with Crippen molar-refractivity contribution in [1.29, 1.82) is 0 Å². The molecule has 106 valence electrons. The average Bonchev–Trinajstić information content (AvgIpc) is 2.81. The smallest absolute Gasteiger partial charge is 0.225 e. The van der Waals surface area contributed by atoms with Gasteiger partial charge >= 0.3 is 0 Å². The Morgan fingerprint density at radius 2 is 2.10 bits per heavy atom. The van der Waals surface area contributed by atoms with E-state index in [0.717, 1.165) is 28.9 Å². The normalized spacial score (nSPS) is 14.1. The standard InChI is InChI=1S/C13H15ClN4OS/c14-13-17-11(16-6-5-15-7-19)10-8-3-1-2-4-9(8)20-12(10)18-13/h7H,1-6H2,(H,15,19)(H,16,17,18). The molecule has 0 saturated heterocycles. The van der Waals surface area contributed by atoms with E-state index in [-0.39, 0.29) is 5.28 Å². The zero-order valence-electron chi connectivity index (χ0n) is 10.9. The van der Waals surface area contributed by atoms with Crippen molar-refractivity contribution in [3.8, 4) is 0 Å². The third kappa shape index (κ3) is 2.58. The third-order valence-electron chi connectivity index (χ3n) is 3.43. The van der Waals surface area contributed by atoms with Crippen LogP contribution in [0, 0.1) is 0 Å². The molecule has 0 spiro atoms. The second-order valence-corrected chi connectivity index (χ2v) is 6.15. The van der Waals surface area contributed by atoms with Crippen molar-refractivity contribution in [1.82, 2.24) is 15.3 Å². The van der Waals surface area contributed by atoms with Crippen LogP contribution in [0.5, 0.6) is 0 Å². The Hall–Kier alpha value is -1.40. The van der Waals surface area contributed by atoms with E-state index in [2.05, 4.69) is 20.6 Å². The molecule has 0 radical (unpaired) electrons. The van der Waals surface area contributed by atoms with Gasteiger partial charge < -0.3 is 10.6 Å². The van der Waals surface area contributed by atoms with Crippen molar-refractivity contribution in [3.05, 3.63) is 15.7 Å². The lowest BCUT2D eigenvalue weighted by atomic mass is 9.97. The summed E-state index contributed by atoms with van der Waals surface area (Å²) in [5, 5.41) is 7.25. The summed E-state index contributed by atoms with van der Waals surface area (Å²) < 4.78 is 0. The topological polar surface area (TPSA) is 66.9 Å². The van der Waals surface area contributed by atoms with Crippen LogP contribution in [0.4, 0.5) is 5.82 Å². The van der Waals surface area contributed by atoms with Crippen LogP contribution in [0.15, 0.2) is 0 Å². The number of aryl methyl sites for hydroxylation is 2. The van der Waals surface area contributed by atoms with Crippen molar-refractivity contribution in [3.63, 3.8) is 0 Å². The van der Waals surface area contributed by atoms with Crippen molar-refractivity contribution in [2.75, 3.05) is 18.4 Å². The first-order valence-corrected chi connectivity index (χ1v) is 7.87. The van der Waals surface area contributed by atoms with Crippen LogP contribution in [0.2, 0.25) is 5.28 Å². The Balaban J connectivity index is 1.96. The minimum Gasteiger partial charge on any atom is -0.368 e. The maximum absolute atomic E-state index is 10.2. The van der Waals surface area contributed by atoms with Crippen LogP contribution in [-0.4, -0.2) is 29.5 Å². The van der Waals surface area contributed by atoms with Gasteiger partial charge in [0, 0.05) is 18.0 Å². The van der Waals surface area contributed by atoms with E-state index < -0.39 is 0 Å². The molecule has 0 fully saturated rings. The number of halogens is 1. The molecule has 0 saturated carbocycles. The van der Waals surface area contributed by atoms with Gasteiger partial charge in [0.25, 0.3) is 0 Å². The van der Waals surface area contributed by atoms with E-state index in [1.54, 1.807) is 11.3 Å². The zero-order valence-corrected chi connectivity index (χ0v) is 12.5. The minimum absolute atomic E-state index is 0.266. The van der Waals surface area contributed by atoms with Gasteiger partial charge in [0.2, 0.25) is 11.7 Å². The molecular formula is C13H15ClN4OS. The highest BCUT2D eigenvalue weighted by Crippen LogP contribution is 2.38. The molecule has 2 N–H and O–H groups in total. The van der Waals surface area contributed by atoms with E-state index in [1.165, 1.54) is 23.3 Å². The summed E-state index contributed by atoms with van der Waals surface area (Å²) in [4.78, 5) is 21.3. The minimum atomic E-state index is 0.266. The number of anilines is 1. The molecule has 7 heteroatoms. The monoisotopic (exact) mass is 310 g/mol. The summed E-state index contributed by atoms with van der Waals surface area (Å²) in [6.45, 7) is 1.17. The van der Waals surface area contributed by atoms with E-state index in [0.29, 0.717) is 19.5 Å². The van der Waals surface area contributed by atoms with Crippen molar-refractivity contribution in [2.24, 2.45) is 0 Å². The SMILES string of the molecule is O=CNCCNc1nc(Cl)nc2sc3c(c12)CCCC3. The summed E-state index contributed by atoms with van der Waals surface area (Å²) in [5.41, 5.74) is 1.37. The predicted octanol–water partition coefficient (Wildman–Crippen LogP) is 2.38. The fourth-order valence-corrected chi connectivity index (χ4v) is 4.05. The van der Waals surface area contributed by atoms with Crippen LogP contribution in [-0.2, 0) is 17.6 Å². The largest absolute Gasteiger partial charge is 0.368 e. The second kappa shape index (κ2) is 5.93. The van der Waals surface area contributed by atoms with Gasteiger partial charge in [0.15, 0.2) is 0 Å². The Labute approximate surface area is 125 Å². The maximum Gasteiger partial charge on any atom is 0.225 e. The summed E-state index contributed by atoms with van der Waals surface area (Å²) in [5.74, 6) is 0.784. The van der Waals surface area contributed by atoms with Crippen LogP contribution >= 0.6 is 22.9 Å². The molecule has 2 heterocycles. The number of nitrogens with one attached hydrogen (secondary N) is 2. The van der Waals surface area contributed by atoms with Crippen LogP contribution in [0.25, 0.3) is 10.2 Å². The summed E-state index contributed by atoms with van der Waals surface area (Å²) in [6.07, 6.45) is 5.36. The Bertz CT molecular complexity index is 643. The lowest BCUT2D eigenvalue weighted by Gasteiger charge is -2.12. The quantitative estimate of drug-likeness (QED) is 0.505. The van der Waals surface area contributed by atoms with E-state index in [4.69, 9.17) is 11.6 Å². The molecule has 3 rings (SSSR count). The molecule has 0 atom stereocenters. The summed E-state index contributed by atoms with van der Waals surface area (Å²) >= 11 is 7.72.